The molecule has 0 spiro atoms. The molecule has 0 amide bonds. The molecule has 0 atom stereocenters. The molecule has 4 rings (SSSR count). The summed E-state index contributed by atoms with van der Waals surface area (Å²) in [4.78, 5) is 8.32. The van der Waals surface area contributed by atoms with Crippen molar-refractivity contribution in [3.63, 3.8) is 0 Å². The van der Waals surface area contributed by atoms with Crippen LogP contribution in [0, 0.1) is 0 Å². The van der Waals surface area contributed by atoms with Crippen LogP contribution in [0.5, 0.6) is 28.7 Å². The van der Waals surface area contributed by atoms with Crippen molar-refractivity contribution in [1.29, 1.82) is 0 Å². The van der Waals surface area contributed by atoms with Gasteiger partial charge in [0, 0.05) is 11.6 Å². The zero-order chi connectivity index (χ0) is 23.2. The molecule has 166 valence electrons. The van der Waals surface area contributed by atoms with Gasteiger partial charge in [0.05, 0.1) is 13.3 Å². The molecule has 0 radical (unpaired) electrons. The van der Waals surface area contributed by atoms with Crippen LogP contribution in [0.25, 0.3) is 17.3 Å². The van der Waals surface area contributed by atoms with Gasteiger partial charge in [-0.05, 0) is 35.4 Å². The molecule has 33 heavy (non-hydrogen) atoms. The van der Waals surface area contributed by atoms with Crippen LogP contribution >= 0.6 is 0 Å². The Morgan fingerprint density at radius 1 is 1.00 bits per heavy atom. The molecule has 0 bridgehead atoms. The highest BCUT2D eigenvalue weighted by Gasteiger charge is 2.17. The number of para-hydroxylation sites is 2. The lowest BCUT2D eigenvalue weighted by Crippen LogP contribution is -2.00. The van der Waals surface area contributed by atoms with Gasteiger partial charge in [-0.2, -0.15) is 0 Å². The summed E-state index contributed by atoms with van der Waals surface area (Å²) in [6, 6.07) is 20.0. The molecule has 7 heteroatoms. The zero-order valence-corrected chi connectivity index (χ0v) is 18.1. The Morgan fingerprint density at radius 2 is 1.76 bits per heavy atom. The maximum atomic E-state index is 10.7. The predicted octanol–water partition coefficient (Wildman–Crippen LogP) is 5.45. The van der Waals surface area contributed by atoms with E-state index in [0.717, 1.165) is 11.1 Å². The van der Waals surface area contributed by atoms with Gasteiger partial charge in [0.2, 0.25) is 5.95 Å². The van der Waals surface area contributed by atoms with Crippen molar-refractivity contribution in [1.82, 2.24) is 9.97 Å². The van der Waals surface area contributed by atoms with E-state index in [4.69, 9.17) is 19.9 Å². The first-order chi connectivity index (χ1) is 16.1. The number of nitrogens with two attached hydrogens (primary N) is 1. The SMILES string of the molecule is C=Cc1ccc(COc2ccc(-c3nc(N)ncc3Oc3ccccc3OC)c(O)c2)cc1. The molecule has 0 aliphatic rings. The van der Waals surface area contributed by atoms with Crippen molar-refractivity contribution in [3.05, 3.63) is 90.6 Å². The Hall–Kier alpha value is -4.52. The van der Waals surface area contributed by atoms with Crippen molar-refractivity contribution in [3.8, 4) is 40.0 Å². The third-order valence-corrected chi connectivity index (χ3v) is 4.91. The fourth-order valence-electron chi connectivity index (χ4n) is 3.19. The number of phenolic OH excluding ortho intramolecular Hbond substituents is 1. The second kappa shape index (κ2) is 9.74. The van der Waals surface area contributed by atoms with Gasteiger partial charge in [-0.15, -0.1) is 0 Å². The first kappa shape index (κ1) is 21.7. The van der Waals surface area contributed by atoms with Crippen molar-refractivity contribution < 1.29 is 19.3 Å². The Bertz CT molecular complexity index is 1270. The average Bonchev–Trinajstić information content (AvgIpc) is 2.84. The minimum atomic E-state index is -0.0301. The molecule has 0 saturated heterocycles. The zero-order valence-electron chi connectivity index (χ0n) is 18.1. The molecule has 1 aromatic heterocycles. The van der Waals surface area contributed by atoms with Crippen LogP contribution in [0.15, 0.2) is 79.5 Å². The van der Waals surface area contributed by atoms with Crippen molar-refractivity contribution in [2.75, 3.05) is 12.8 Å². The van der Waals surface area contributed by atoms with Crippen LogP contribution in [-0.4, -0.2) is 22.2 Å². The number of phenols is 1. The topological polar surface area (TPSA) is 99.7 Å². The monoisotopic (exact) mass is 441 g/mol. The lowest BCUT2D eigenvalue weighted by molar-refractivity contribution is 0.304. The second-order valence-electron chi connectivity index (χ2n) is 7.11. The largest absolute Gasteiger partial charge is 0.507 e. The highest BCUT2D eigenvalue weighted by molar-refractivity contribution is 5.74. The number of nitrogen functional groups attached to an aromatic ring is 1. The number of benzene rings is 3. The van der Waals surface area contributed by atoms with E-state index in [1.165, 1.54) is 12.3 Å². The molecule has 7 nitrogen and oxygen atoms in total. The van der Waals surface area contributed by atoms with E-state index in [1.54, 1.807) is 37.5 Å². The molecule has 4 aromatic rings. The Balaban J connectivity index is 1.58. The number of aromatic hydroxyl groups is 1. The van der Waals surface area contributed by atoms with Crippen molar-refractivity contribution in [2.45, 2.75) is 6.61 Å². The number of anilines is 1. The van der Waals surface area contributed by atoms with Gasteiger partial charge in [-0.3, -0.25) is 0 Å². The maximum Gasteiger partial charge on any atom is 0.220 e. The lowest BCUT2D eigenvalue weighted by atomic mass is 10.1. The van der Waals surface area contributed by atoms with E-state index >= 15 is 0 Å². The summed E-state index contributed by atoms with van der Waals surface area (Å²) in [5, 5.41) is 10.7. The van der Waals surface area contributed by atoms with Crippen LogP contribution in [0.1, 0.15) is 11.1 Å². The van der Waals surface area contributed by atoms with Gasteiger partial charge in [0.15, 0.2) is 17.2 Å². The predicted molar refractivity (Wildman–Crippen MR) is 127 cm³/mol. The maximum absolute atomic E-state index is 10.7. The minimum Gasteiger partial charge on any atom is -0.507 e. The normalized spacial score (nSPS) is 10.5. The van der Waals surface area contributed by atoms with E-state index in [1.807, 2.05) is 36.4 Å². The van der Waals surface area contributed by atoms with E-state index in [2.05, 4.69) is 16.5 Å². The first-order valence-electron chi connectivity index (χ1n) is 10.2. The van der Waals surface area contributed by atoms with Crippen LogP contribution in [0.3, 0.4) is 0 Å². The van der Waals surface area contributed by atoms with Gasteiger partial charge >= 0.3 is 0 Å². The Labute approximate surface area is 191 Å². The summed E-state index contributed by atoms with van der Waals surface area (Å²) in [6.45, 7) is 4.11. The van der Waals surface area contributed by atoms with E-state index in [-0.39, 0.29) is 11.7 Å². The Morgan fingerprint density at radius 3 is 2.45 bits per heavy atom. The number of rotatable bonds is 8. The summed E-state index contributed by atoms with van der Waals surface area (Å²) in [5.74, 6) is 1.89. The fraction of sp³-hybridized carbons (Fsp3) is 0.0769. The number of hydrogen-bond acceptors (Lipinski definition) is 7. The highest BCUT2D eigenvalue weighted by Crippen LogP contribution is 2.40. The van der Waals surface area contributed by atoms with Gasteiger partial charge in [0.25, 0.3) is 0 Å². The summed E-state index contributed by atoms with van der Waals surface area (Å²) < 4.78 is 17.2. The third kappa shape index (κ3) is 5.04. The second-order valence-corrected chi connectivity index (χ2v) is 7.11. The molecular formula is C26H23N3O4. The number of hydrogen-bond donors (Lipinski definition) is 2. The minimum absolute atomic E-state index is 0.0301. The van der Waals surface area contributed by atoms with Gasteiger partial charge in [-0.1, -0.05) is 49.1 Å². The van der Waals surface area contributed by atoms with Gasteiger partial charge < -0.3 is 25.1 Å². The summed E-state index contributed by atoms with van der Waals surface area (Å²) in [7, 11) is 1.56. The molecule has 3 aromatic carbocycles. The molecule has 0 aliphatic carbocycles. The molecular weight excluding hydrogens is 418 g/mol. The Kier molecular flexibility index (Phi) is 6.40. The molecule has 0 fully saturated rings. The van der Waals surface area contributed by atoms with E-state index in [9.17, 15) is 5.11 Å². The van der Waals surface area contributed by atoms with Crippen molar-refractivity contribution >= 4 is 12.0 Å². The fourth-order valence-corrected chi connectivity index (χ4v) is 3.19. The quantitative estimate of drug-likeness (QED) is 0.375. The molecule has 0 aliphatic heterocycles. The highest BCUT2D eigenvalue weighted by atomic mass is 16.5. The van der Waals surface area contributed by atoms with Gasteiger partial charge in [0.1, 0.15) is 23.8 Å². The van der Waals surface area contributed by atoms with Crippen molar-refractivity contribution in [2.24, 2.45) is 0 Å². The molecule has 1 heterocycles. The standard InChI is InChI=1S/C26H23N3O4/c1-3-17-8-10-18(11-9-17)16-32-19-12-13-20(21(30)14-19)25-24(15-28-26(27)29-25)33-23-7-5-4-6-22(23)31-2/h3-15,30H,1,16H2,2H3,(H2,27,28,29). The number of nitrogens with zero attached hydrogens (tertiary/aromatic N) is 2. The summed E-state index contributed by atoms with van der Waals surface area (Å²) >= 11 is 0. The van der Waals surface area contributed by atoms with Gasteiger partial charge in [-0.25, -0.2) is 9.97 Å². The summed E-state index contributed by atoms with van der Waals surface area (Å²) in [5.41, 5.74) is 8.62. The molecule has 0 saturated carbocycles. The van der Waals surface area contributed by atoms with Crippen LogP contribution < -0.4 is 19.9 Å². The van der Waals surface area contributed by atoms with Crippen LogP contribution in [-0.2, 0) is 6.61 Å². The number of ether oxygens (including phenoxy) is 3. The van der Waals surface area contributed by atoms with Crippen LogP contribution in [0.2, 0.25) is 0 Å². The number of aromatic nitrogens is 2. The molecule has 0 unspecified atom stereocenters. The smallest absolute Gasteiger partial charge is 0.220 e. The van der Waals surface area contributed by atoms with Crippen LogP contribution in [0.4, 0.5) is 5.95 Å². The summed E-state index contributed by atoms with van der Waals surface area (Å²) in [6.07, 6.45) is 3.24. The molecule has 3 N–H and O–H groups in total. The number of methoxy groups -OCH3 is 1. The first-order valence-corrected chi connectivity index (χ1v) is 10.2. The third-order valence-electron chi connectivity index (χ3n) is 4.91. The lowest BCUT2D eigenvalue weighted by Gasteiger charge is -2.14. The average molecular weight is 441 g/mol. The van der Waals surface area contributed by atoms with E-state index in [0.29, 0.717) is 40.9 Å². The van der Waals surface area contributed by atoms with E-state index < -0.39 is 0 Å².